The number of hydrogen-bond acceptors (Lipinski definition) is 6. The van der Waals surface area contributed by atoms with Gasteiger partial charge in [-0.3, -0.25) is 9.89 Å². The highest BCUT2D eigenvalue weighted by Gasteiger charge is 2.20. The van der Waals surface area contributed by atoms with E-state index in [1.807, 2.05) is 19.1 Å². The Balaban J connectivity index is 1.79. The highest BCUT2D eigenvalue weighted by molar-refractivity contribution is 7.91. The van der Waals surface area contributed by atoms with Crippen LogP contribution in [0, 0.1) is 6.92 Å². The zero-order valence-electron chi connectivity index (χ0n) is 17.0. The van der Waals surface area contributed by atoms with Crippen molar-refractivity contribution in [1.29, 1.82) is 0 Å². The first-order valence-corrected chi connectivity index (χ1v) is 11.3. The van der Waals surface area contributed by atoms with Gasteiger partial charge in [0, 0.05) is 52.4 Å². The molecule has 0 amide bonds. The molecule has 158 valence electrons. The molecule has 1 heterocycles. The van der Waals surface area contributed by atoms with Crippen molar-refractivity contribution in [3.8, 4) is 5.75 Å². The predicted molar refractivity (Wildman–Crippen MR) is 112 cm³/mol. The van der Waals surface area contributed by atoms with E-state index in [1.54, 1.807) is 14.2 Å². The van der Waals surface area contributed by atoms with Crippen molar-refractivity contribution in [1.82, 2.24) is 15.5 Å². The van der Waals surface area contributed by atoms with Crippen LogP contribution in [-0.2, 0) is 21.1 Å². The van der Waals surface area contributed by atoms with Crippen LogP contribution in [0.1, 0.15) is 11.1 Å². The largest absolute Gasteiger partial charge is 0.491 e. The Morgan fingerprint density at radius 1 is 1.21 bits per heavy atom. The minimum atomic E-state index is -2.83. The molecule has 0 bridgehead atoms. The van der Waals surface area contributed by atoms with E-state index in [0.717, 1.165) is 23.4 Å². The molecule has 1 aliphatic rings. The van der Waals surface area contributed by atoms with Crippen LogP contribution in [0.25, 0.3) is 0 Å². The Kier molecular flexibility index (Phi) is 9.01. The summed E-state index contributed by atoms with van der Waals surface area (Å²) in [6.45, 7) is 6.35. The first kappa shape index (κ1) is 22.4. The van der Waals surface area contributed by atoms with E-state index < -0.39 is 9.84 Å². The van der Waals surface area contributed by atoms with Gasteiger partial charge in [-0.25, -0.2) is 8.42 Å². The summed E-state index contributed by atoms with van der Waals surface area (Å²) in [7, 11) is 0.549. The van der Waals surface area contributed by atoms with Crippen LogP contribution in [0.15, 0.2) is 23.2 Å². The monoisotopic (exact) mass is 412 g/mol. The quantitative estimate of drug-likeness (QED) is 0.345. The number of ether oxygens (including phenoxy) is 2. The first-order valence-electron chi connectivity index (χ1n) is 9.52. The van der Waals surface area contributed by atoms with Crippen LogP contribution in [0.2, 0.25) is 0 Å². The van der Waals surface area contributed by atoms with Crippen molar-refractivity contribution in [2.24, 2.45) is 4.99 Å². The predicted octanol–water partition coefficient (Wildman–Crippen LogP) is 0.416. The van der Waals surface area contributed by atoms with E-state index in [2.05, 4.69) is 26.6 Å². The molecule has 2 rings (SSSR count). The van der Waals surface area contributed by atoms with E-state index in [9.17, 15) is 8.42 Å². The molecule has 28 heavy (non-hydrogen) atoms. The van der Waals surface area contributed by atoms with Crippen LogP contribution in [0.4, 0.5) is 0 Å². The first-order chi connectivity index (χ1) is 13.4. The molecule has 0 aromatic heterocycles. The van der Waals surface area contributed by atoms with E-state index in [0.29, 0.717) is 45.4 Å². The van der Waals surface area contributed by atoms with Crippen LogP contribution in [0.3, 0.4) is 0 Å². The van der Waals surface area contributed by atoms with E-state index in [-0.39, 0.29) is 11.5 Å². The van der Waals surface area contributed by atoms with Gasteiger partial charge in [0.15, 0.2) is 15.8 Å². The van der Waals surface area contributed by atoms with Gasteiger partial charge >= 0.3 is 0 Å². The number of guanidine groups is 1. The van der Waals surface area contributed by atoms with Crippen molar-refractivity contribution in [2.75, 3.05) is 65.1 Å². The molecule has 9 heteroatoms. The molecule has 1 saturated heterocycles. The molecule has 0 atom stereocenters. The summed E-state index contributed by atoms with van der Waals surface area (Å²) in [5.41, 5.74) is 2.19. The normalized spacial score (nSPS) is 17.3. The molecule has 0 unspecified atom stereocenters. The lowest BCUT2D eigenvalue weighted by Crippen LogP contribution is -2.45. The minimum Gasteiger partial charge on any atom is -0.491 e. The highest BCUT2D eigenvalue weighted by atomic mass is 32.2. The lowest BCUT2D eigenvalue weighted by Gasteiger charge is -2.26. The second kappa shape index (κ2) is 11.2. The van der Waals surface area contributed by atoms with E-state index in [1.165, 1.54) is 0 Å². The lowest BCUT2D eigenvalue weighted by molar-refractivity contribution is 0.145. The standard InChI is InChI=1S/C19H32N4O4S/c1-16-4-5-17(18(14-16)27-11-10-26-3)15-22-19(20-2)21-6-7-23-8-12-28(24,25)13-9-23/h4-5,14H,6-13,15H2,1-3H3,(H2,20,21,22). The maximum atomic E-state index is 11.5. The number of sulfone groups is 1. The Morgan fingerprint density at radius 2 is 1.96 bits per heavy atom. The van der Waals surface area contributed by atoms with Crippen molar-refractivity contribution >= 4 is 15.8 Å². The number of nitrogens with zero attached hydrogens (tertiary/aromatic N) is 2. The summed E-state index contributed by atoms with van der Waals surface area (Å²) in [6, 6.07) is 6.12. The molecule has 1 aliphatic heterocycles. The van der Waals surface area contributed by atoms with Gasteiger partial charge in [0.2, 0.25) is 0 Å². The number of nitrogens with one attached hydrogen (secondary N) is 2. The second-order valence-corrected chi connectivity index (χ2v) is 9.10. The SMILES string of the molecule is CN=C(NCCN1CCS(=O)(=O)CC1)NCc1ccc(C)cc1OCCOC. The van der Waals surface area contributed by atoms with Crippen molar-refractivity contribution in [2.45, 2.75) is 13.5 Å². The van der Waals surface area contributed by atoms with Gasteiger partial charge in [0.05, 0.1) is 18.1 Å². The van der Waals surface area contributed by atoms with Crippen LogP contribution in [0.5, 0.6) is 5.75 Å². The van der Waals surface area contributed by atoms with Gasteiger partial charge in [-0.2, -0.15) is 0 Å². The van der Waals surface area contributed by atoms with Crippen molar-refractivity contribution in [3.63, 3.8) is 0 Å². The fourth-order valence-electron chi connectivity index (χ4n) is 2.88. The molecule has 0 saturated carbocycles. The summed E-state index contributed by atoms with van der Waals surface area (Å²) < 4.78 is 33.8. The minimum absolute atomic E-state index is 0.249. The molecule has 2 N–H and O–H groups in total. The number of hydrogen-bond donors (Lipinski definition) is 2. The summed E-state index contributed by atoms with van der Waals surface area (Å²) in [4.78, 5) is 6.41. The van der Waals surface area contributed by atoms with Gasteiger partial charge in [0.25, 0.3) is 0 Å². The molecule has 0 aliphatic carbocycles. The number of aryl methyl sites for hydroxylation is 1. The fraction of sp³-hybridized carbons (Fsp3) is 0.632. The number of rotatable bonds is 9. The maximum absolute atomic E-state index is 11.5. The third-order valence-electron chi connectivity index (χ3n) is 4.60. The summed E-state index contributed by atoms with van der Waals surface area (Å²) >= 11 is 0. The smallest absolute Gasteiger partial charge is 0.191 e. The zero-order valence-corrected chi connectivity index (χ0v) is 17.8. The zero-order chi connectivity index (χ0) is 20.4. The van der Waals surface area contributed by atoms with Gasteiger partial charge in [-0.15, -0.1) is 0 Å². The third kappa shape index (κ3) is 7.65. The Labute approximate surface area is 168 Å². The summed E-state index contributed by atoms with van der Waals surface area (Å²) in [6.07, 6.45) is 0. The Morgan fingerprint density at radius 3 is 2.64 bits per heavy atom. The summed E-state index contributed by atoms with van der Waals surface area (Å²) in [5, 5.41) is 6.58. The third-order valence-corrected chi connectivity index (χ3v) is 6.20. The van der Waals surface area contributed by atoms with Gasteiger partial charge in [-0.05, 0) is 18.6 Å². The molecular weight excluding hydrogens is 380 g/mol. The summed E-state index contributed by atoms with van der Waals surface area (Å²) in [5.74, 6) is 2.04. The molecular formula is C19H32N4O4S. The lowest BCUT2D eigenvalue weighted by atomic mass is 10.1. The number of benzene rings is 1. The topological polar surface area (TPSA) is 92.3 Å². The molecule has 1 aromatic carbocycles. The number of methoxy groups -OCH3 is 1. The maximum Gasteiger partial charge on any atom is 0.191 e. The average molecular weight is 413 g/mol. The van der Waals surface area contributed by atoms with Gasteiger partial charge in [-0.1, -0.05) is 12.1 Å². The average Bonchev–Trinajstić information content (AvgIpc) is 2.67. The Bertz CT molecular complexity index is 738. The van der Waals surface area contributed by atoms with Crippen LogP contribution < -0.4 is 15.4 Å². The molecule has 0 spiro atoms. The van der Waals surface area contributed by atoms with Crippen molar-refractivity contribution in [3.05, 3.63) is 29.3 Å². The van der Waals surface area contributed by atoms with Gasteiger partial charge < -0.3 is 20.1 Å². The highest BCUT2D eigenvalue weighted by Crippen LogP contribution is 2.20. The van der Waals surface area contributed by atoms with Gasteiger partial charge in [0.1, 0.15) is 12.4 Å². The van der Waals surface area contributed by atoms with E-state index in [4.69, 9.17) is 9.47 Å². The molecule has 0 radical (unpaired) electrons. The number of aliphatic imine (C=N–C) groups is 1. The molecule has 8 nitrogen and oxygen atoms in total. The van der Waals surface area contributed by atoms with Crippen LogP contribution >= 0.6 is 0 Å². The van der Waals surface area contributed by atoms with Crippen LogP contribution in [-0.4, -0.2) is 84.3 Å². The van der Waals surface area contributed by atoms with E-state index >= 15 is 0 Å². The molecule has 1 aromatic rings. The van der Waals surface area contributed by atoms with Crippen molar-refractivity contribution < 1.29 is 17.9 Å². The fourth-order valence-corrected chi connectivity index (χ4v) is 4.16. The molecule has 1 fully saturated rings. The Hall–Kier alpha value is -1.84. The second-order valence-electron chi connectivity index (χ2n) is 6.80.